The van der Waals surface area contributed by atoms with Crippen LogP contribution in [0.5, 0.6) is 0 Å². The van der Waals surface area contributed by atoms with Gasteiger partial charge >= 0.3 is 0 Å². The number of nitrogens with zero attached hydrogens (tertiary/aromatic N) is 1. The smallest absolute Gasteiger partial charge is 0.226 e. The molecule has 1 amide bonds. The summed E-state index contributed by atoms with van der Waals surface area (Å²) >= 11 is 0. The van der Waals surface area contributed by atoms with Crippen molar-refractivity contribution < 1.29 is 9.18 Å². The fourth-order valence-corrected chi connectivity index (χ4v) is 2.76. The number of likely N-dealkylation sites (tertiary alicyclic amines) is 1. The first kappa shape index (κ1) is 10.8. The van der Waals surface area contributed by atoms with E-state index in [0.29, 0.717) is 5.56 Å². The molecule has 2 fully saturated rings. The first-order valence-corrected chi connectivity index (χ1v) is 6.30. The number of hydrogen-bond acceptors (Lipinski definition) is 1. The molecule has 2 atom stereocenters. The van der Waals surface area contributed by atoms with Crippen molar-refractivity contribution in [1.82, 2.24) is 4.90 Å². The largest absolute Gasteiger partial charge is 0.342 e. The second kappa shape index (κ2) is 4.13. The number of halogens is 1. The third-order valence-electron chi connectivity index (χ3n) is 3.83. The minimum absolute atomic E-state index is 0.0324. The molecule has 1 saturated carbocycles. The van der Waals surface area contributed by atoms with Crippen molar-refractivity contribution >= 4 is 5.91 Å². The molecule has 0 aromatic heterocycles. The van der Waals surface area contributed by atoms with Crippen molar-refractivity contribution in [3.8, 4) is 0 Å². The SMILES string of the molecule is O=C(C1CC1c1ccccc1F)N1CCCC1. The molecule has 2 unspecified atom stereocenters. The van der Waals surface area contributed by atoms with E-state index in [9.17, 15) is 9.18 Å². The summed E-state index contributed by atoms with van der Waals surface area (Å²) in [5.74, 6) is 0.208. The lowest BCUT2D eigenvalue weighted by atomic mass is 10.1. The summed E-state index contributed by atoms with van der Waals surface area (Å²) in [5.41, 5.74) is 0.713. The average molecular weight is 233 g/mol. The Balaban J connectivity index is 1.70. The van der Waals surface area contributed by atoms with Gasteiger partial charge in [0.05, 0.1) is 0 Å². The molecule has 3 heteroatoms. The van der Waals surface area contributed by atoms with Gasteiger partial charge in [0.2, 0.25) is 5.91 Å². The van der Waals surface area contributed by atoms with Crippen LogP contribution in [0, 0.1) is 11.7 Å². The summed E-state index contributed by atoms with van der Waals surface area (Å²) in [6, 6.07) is 6.81. The number of carbonyl (C=O) groups excluding carboxylic acids is 1. The zero-order valence-corrected chi connectivity index (χ0v) is 9.73. The lowest BCUT2D eigenvalue weighted by Crippen LogP contribution is -2.29. The number of rotatable bonds is 2. The van der Waals surface area contributed by atoms with E-state index in [4.69, 9.17) is 0 Å². The molecule has 90 valence electrons. The van der Waals surface area contributed by atoms with Crippen molar-refractivity contribution in [2.75, 3.05) is 13.1 Å². The van der Waals surface area contributed by atoms with Crippen molar-refractivity contribution in [2.45, 2.75) is 25.2 Å². The molecule has 1 aliphatic heterocycles. The first-order chi connectivity index (χ1) is 8.27. The second-order valence-electron chi connectivity index (χ2n) is 5.00. The summed E-state index contributed by atoms with van der Waals surface area (Å²) < 4.78 is 13.6. The van der Waals surface area contributed by atoms with Gasteiger partial charge in [0.15, 0.2) is 0 Å². The summed E-state index contributed by atoms with van der Waals surface area (Å²) in [6.07, 6.45) is 3.04. The van der Waals surface area contributed by atoms with Crippen LogP contribution in [0.3, 0.4) is 0 Å². The molecule has 1 aromatic carbocycles. The number of amides is 1. The van der Waals surface area contributed by atoms with Crippen LogP contribution in [0.15, 0.2) is 24.3 Å². The van der Waals surface area contributed by atoms with Crippen LogP contribution in [-0.4, -0.2) is 23.9 Å². The zero-order chi connectivity index (χ0) is 11.8. The van der Waals surface area contributed by atoms with Gasteiger partial charge in [-0.2, -0.15) is 0 Å². The van der Waals surface area contributed by atoms with Crippen LogP contribution in [0.1, 0.15) is 30.7 Å². The van der Waals surface area contributed by atoms with Gasteiger partial charge in [-0.1, -0.05) is 18.2 Å². The molecule has 3 rings (SSSR count). The minimum Gasteiger partial charge on any atom is -0.342 e. The van der Waals surface area contributed by atoms with Crippen LogP contribution in [0.4, 0.5) is 4.39 Å². The van der Waals surface area contributed by atoms with E-state index < -0.39 is 0 Å². The maximum Gasteiger partial charge on any atom is 0.226 e. The Morgan fingerprint density at radius 3 is 2.65 bits per heavy atom. The van der Waals surface area contributed by atoms with Crippen LogP contribution in [0.25, 0.3) is 0 Å². The molecule has 1 aliphatic carbocycles. The Bertz CT molecular complexity index is 440. The second-order valence-corrected chi connectivity index (χ2v) is 5.00. The number of carbonyl (C=O) groups is 1. The summed E-state index contributed by atoms with van der Waals surface area (Å²) in [7, 11) is 0. The quantitative estimate of drug-likeness (QED) is 0.768. The predicted molar refractivity (Wildman–Crippen MR) is 63.1 cm³/mol. The average Bonchev–Trinajstić information content (AvgIpc) is 2.93. The maximum atomic E-state index is 13.6. The Morgan fingerprint density at radius 1 is 1.24 bits per heavy atom. The fourth-order valence-electron chi connectivity index (χ4n) is 2.76. The third-order valence-corrected chi connectivity index (χ3v) is 3.83. The topological polar surface area (TPSA) is 20.3 Å². The van der Waals surface area contributed by atoms with Crippen LogP contribution in [0.2, 0.25) is 0 Å². The van der Waals surface area contributed by atoms with Gasteiger partial charge in [-0.25, -0.2) is 4.39 Å². The molecule has 2 aliphatic rings. The van der Waals surface area contributed by atoms with Crippen LogP contribution in [-0.2, 0) is 4.79 Å². The Hall–Kier alpha value is -1.38. The number of benzene rings is 1. The highest BCUT2D eigenvalue weighted by Crippen LogP contribution is 2.49. The lowest BCUT2D eigenvalue weighted by molar-refractivity contribution is -0.131. The van der Waals surface area contributed by atoms with Crippen molar-refractivity contribution in [3.05, 3.63) is 35.6 Å². The normalized spacial score (nSPS) is 27.2. The van der Waals surface area contributed by atoms with E-state index in [-0.39, 0.29) is 23.6 Å². The Kier molecular flexibility index (Phi) is 2.61. The minimum atomic E-state index is -0.172. The van der Waals surface area contributed by atoms with E-state index in [1.54, 1.807) is 12.1 Å². The van der Waals surface area contributed by atoms with Crippen LogP contribution < -0.4 is 0 Å². The molecular formula is C14H16FNO. The molecule has 1 heterocycles. The molecule has 0 spiro atoms. The molecule has 1 saturated heterocycles. The lowest BCUT2D eigenvalue weighted by Gasteiger charge is -2.15. The summed E-state index contributed by atoms with van der Waals surface area (Å²) in [5, 5.41) is 0. The van der Waals surface area contributed by atoms with Gasteiger partial charge in [0.1, 0.15) is 5.82 Å². The van der Waals surface area contributed by atoms with Gasteiger partial charge < -0.3 is 4.90 Å². The highest BCUT2D eigenvalue weighted by atomic mass is 19.1. The van der Waals surface area contributed by atoms with E-state index in [1.165, 1.54) is 6.07 Å². The van der Waals surface area contributed by atoms with E-state index in [0.717, 1.165) is 32.4 Å². The first-order valence-electron chi connectivity index (χ1n) is 6.30. The van der Waals surface area contributed by atoms with E-state index in [1.807, 2.05) is 11.0 Å². The zero-order valence-electron chi connectivity index (χ0n) is 9.73. The summed E-state index contributed by atoms with van der Waals surface area (Å²) in [6.45, 7) is 1.78. The standard InChI is InChI=1S/C14H16FNO/c15-13-6-2-1-5-10(13)11-9-12(11)14(17)16-7-3-4-8-16/h1-2,5-6,11-12H,3-4,7-9H2. The Morgan fingerprint density at radius 2 is 1.94 bits per heavy atom. The van der Waals surface area contributed by atoms with Crippen molar-refractivity contribution in [3.63, 3.8) is 0 Å². The summed E-state index contributed by atoms with van der Waals surface area (Å²) in [4.78, 5) is 14.0. The van der Waals surface area contributed by atoms with Crippen molar-refractivity contribution in [1.29, 1.82) is 0 Å². The molecule has 1 aromatic rings. The van der Waals surface area contributed by atoms with Crippen LogP contribution >= 0.6 is 0 Å². The number of hydrogen-bond donors (Lipinski definition) is 0. The monoisotopic (exact) mass is 233 g/mol. The van der Waals surface area contributed by atoms with Gasteiger partial charge in [-0.05, 0) is 36.8 Å². The third kappa shape index (κ3) is 1.94. The Labute approximate surface area is 100 Å². The molecule has 2 nitrogen and oxygen atoms in total. The molecule has 0 bridgehead atoms. The molecule has 17 heavy (non-hydrogen) atoms. The van der Waals surface area contributed by atoms with Gasteiger partial charge in [-0.3, -0.25) is 4.79 Å². The highest BCUT2D eigenvalue weighted by molar-refractivity contribution is 5.83. The maximum absolute atomic E-state index is 13.6. The fraction of sp³-hybridized carbons (Fsp3) is 0.500. The molecule has 0 N–H and O–H groups in total. The highest BCUT2D eigenvalue weighted by Gasteiger charge is 2.46. The predicted octanol–water partition coefficient (Wildman–Crippen LogP) is 2.55. The van der Waals surface area contributed by atoms with Gasteiger partial charge in [-0.15, -0.1) is 0 Å². The van der Waals surface area contributed by atoms with E-state index >= 15 is 0 Å². The van der Waals surface area contributed by atoms with Gasteiger partial charge in [0.25, 0.3) is 0 Å². The van der Waals surface area contributed by atoms with Gasteiger partial charge in [0, 0.05) is 19.0 Å². The van der Waals surface area contributed by atoms with Crippen molar-refractivity contribution in [2.24, 2.45) is 5.92 Å². The molecular weight excluding hydrogens is 217 g/mol. The van der Waals surface area contributed by atoms with E-state index in [2.05, 4.69) is 0 Å². The molecule has 0 radical (unpaired) electrons.